The lowest BCUT2D eigenvalue weighted by molar-refractivity contribution is 0.398. The fraction of sp³-hybridized carbons (Fsp3) is 0.750. The van der Waals surface area contributed by atoms with Crippen molar-refractivity contribution in [2.24, 2.45) is 11.7 Å². The molecule has 1 rings (SSSR count). The molecule has 68 valence electrons. The van der Waals surface area contributed by atoms with Gasteiger partial charge in [0.1, 0.15) is 0 Å². The molecule has 12 heavy (non-hydrogen) atoms. The van der Waals surface area contributed by atoms with Gasteiger partial charge in [-0.25, -0.2) is 0 Å². The van der Waals surface area contributed by atoms with Gasteiger partial charge < -0.3 is 5.73 Å². The monoisotopic (exact) mass is 168 g/mol. The van der Waals surface area contributed by atoms with E-state index in [0.29, 0.717) is 5.92 Å². The lowest BCUT2D eigenvalue weighted by Gasteiger charge is -2.18. The van der Waals surface area contributed by atoms with Crippen molar-refractivity contribution in [2.75, 3.05) is 0 Å². The van der Waals surface area contributed by atoms with Crippen molar-refractivity contribution in [1.82, 2.24) is 15.4 Å². The van der Waals surface area contributed by atoms with E-state index in [1.807, 2.05) is 0 Å². The maximum Gasteiger partial charge on any atom is 0.0994 e. The summed E-state index contributed by atoms with van der Waals surface area (Å²) in [6.45, 7) is 4.29. The molecule has 4 heteroatoms. The van der Waals surface area contributed by atoms with Crippen molar-refractivity contribution >= 4 is 0 Å². The number of nitrogens with zero attached hydrogens (tertiary/aromatic N) is 2. The van der Waals surface area contributed by atoms with Gasteiger partial charge in [0, 0.05) is 0 Å². The Kier molecular flexibility index (Phi) is 3.22. The molecule has 0 bridgehead atoms. The van der Waals surface area contributed by atoms with Crippen molar-refractivity contribution in [3.8, 4) is 0 Å². The number of hydrogen-bond donors (Lipinski definition) is 2. The smallest absolute Gasteiger partial charge is 0.0994 e. The lowest BCUT2D eigenvalue weighted by atomic mass is 9.93. The van der Waals surface area contributed by atoms with Gasteiger partial charge in [-0.2, -0.15) is 15.4 Å². The second kappa shape index (κ2) is 4.21. The maximum absolute atomic E-state index is 5.98. The van der Waals surface area contributed by atoms with Crippen LogP contribution in [0, 0.1) is 5.92 Å². The number of aromatic nitrogens is 3. The molecule has 0 fully saturated rings. The highest BCUT2D eigenvalue weighted by atomic mass is 15.3. The summed E-state index contributed by atoms with van der Waals surface area (Å²) in [4.78, 5) is 0. The Balaban J connectivity index is 2.63. The minimum absolute atomic E-state index is 0.0266. The van der Waals surface area contributed by atoms with E-state index >= 15 is 0 Å². The van der Waals surface area contributed by atoms with E-state index in [1.165, 1.54) is 0 Å². The van der Waals surface area contributed by atoms with E-state index < -0.39 is 0 Å². The molecule has 1 aromatic heterocycles. The minimum Gasteiger partial charge on any atom is -0.322 e. The summed E-state index contributed by atoms with van der Waals surface area (Å²) in [7, 11) is 0. The Morgan fingerprint density at radius 1 is 1.50 bits per heavy atom. The van der Waals surface area contributed by atoms with E-state index in [0.717, 1.165) is 18.5 Å². The highest BCUT2D eigenvalue weighted by molar-refractivity contribution is 5.00. The predicted octanol–water partition coefficient (Wildman–Crippen LogP) is 1.24. The summed E-state index contributed by atoms with van der Waals surface area (Å²) in [5, 5.41) is 10.3. The van der Waals surface area contributed by atoms with Crippen molar-refractivity contribution in [3.63, 3.8) is 0 Å². The van der Waals surface area contributed by atoms with Crippen LogP contribution in [0.3, 0.4) is 0 Å². The van der Waals surface area contributed by atoms with Crippen molar-refractivity contribution in [1.29, 1.82) is 0 Å². The van der Waals surface area contributed by atoms with Crippen LogP contribution in [-0.2, 0) is 0 Å². The van der Waals surface area contributed by atoms with Crippen LogP contribution in [0.2, 0.25) is 0 Å². The number of hydrogen-bond acceptors (Lipinski definition) is 3. The second-order valence-electron chi connectivity index (χ2n) is 3.00. The first-order valence-corrected chi connectivity index (χ1v) is 4.40. The molecule has 0 aliphatic heterocycles. The Labute approximate surface area is 72.5 Å². The van der Waals surface area contributed by atoms with Crippen LogP contribution < -0.4 is 5.73 Å². The third kappa shape index (κ3) is 1.82. The van der Waals surface area contributed by atoms with Crippen LogP contribution in [0.4, 0.5) is 0 Å². The number of nitrogens with two attached hydrogens (primary N) is 1. The summed E-state index contributed by atoms with van der Waals surface area (Å²) >= 11 is 0. The van der Waals surface area contributed by atoms with Crippen LogP contribution in [0.25, 0.3) is 0 Å². The van der Waals surface area contributed by atoms with Crippen LogP contribution in [-0.4, -0.2) is 15.4 Å². The first kappa shape index (κ1) is 9.19. The van der Waals surface area contributed by atoms with E-state index in [2.05, 4.69) is 29.3 Å². The average molecular weight is 168 g/mol. The molecule has 1 aromatic rings. The molecular formula is C8H16N4. The molecule has 4 nitrogen and oxygen atoms in total. The molecule has 0 aromatic carbocycles. The normalized spacial score (nSPS) is 13.7. The number of nitrogens with one attached hydrogen (secondary N) is 1. The summed E-state index contributed by atoms with van der Waals surface area (Å²) in [5.74, 6) is 0.509. The molecule has 0 aliphatic rings. The third-order valence-corrected chi connectivity index (χ3v) is 2.33. The second-order valence-corrected chi connectivity index (χ2v) is 3.00. The van der Waals surface area contributed by atoms with Crippen molar-refractivity contribution in [3.05, 3.63) is 11.9 Å². The van der Waals surface area contributed by atoms with Gasteiger partial charge in [-0.1, -0.05) is 26.7 Å². The van der Waals surface area contributed by atoms with Crippen LogP contribution in [0.1, 0.15) is 38.4 Å². The molecule has 0 saturated carbocycles. The zero-order chi connectivity index (χ0) is 8.97. The van der Waals surface area contributed by atoms with Crippen molar-refractivity contribution in [2.45, 2.75) is 32.7 Å². The van der Waals surface area contributed by atoms with Gasteiger partial charge in [0.15, 0.2) is 0 Å². The summed E-state index contributed by atoms with van der Waals surface area (Å²) in [6.07, 6.45) is 3.87. The zero-order valence-corrected chi connectivity index (χ0v) is 7.62. The molecule has 0 spiro atoms. The summed E-state index contributed by atoms with van der Waals surface area (Å²) in [5.41, 5.74) is 6.85. The van der Waals surface area contributed by atoms with E-state index in [9.17, 15) is 0 Å². The van der Waals surface area contributed by atoms with Gasteiger partial charge in [0.25, 0.3) is 0 Å². The fourth-order valence-electron chi connectivity index (χ4n) is 1.41. The number of H-pyrrole nitrogens is 1. The summed E-state index contributed by atoms with van der Waals surface area (Å²) < 4.78 is 0. The molecule has 1 heterocycles. The van der Waals surface area contributed by atoms with Gasteiger partial charge >= 0.3 is 0 Å². The van der Waals surface area contributed by atoms with Gasteiger partial charge in [0.05, 0.1) is 17.9 Å². The molecule has 0 amide bonds. The Bertz CT molecular complexity index is 203. The van der Waals surface area contributed by atoms with Gasteiger partial charge in [-0.05, 0) is 5.92 Å². The Morgan fingerprint density at radius 3 is 2.58 bits per heavy atom. The third-order valence-electron chi connectivity index (χ3n) is 2.33. The highest BCUT2D eigenvalue weighted by Crippen LogP contribution is 2.22. The lowest BCUT2D eigenvalue weighted by Crippen LogP contribution is -2.20. The Hall–Kier alpha value is -0.900. The molecule has 0 saturated heterocycles. The molecule has 1 unspecified atom stereocenters. The minimum atomic E-state index is 0.0266. The molecule has 1 atom stereocenters. The van der Waals surface area contributed by atoms with E-state index in [4.69, 9.17) is 5.73 Å². The molecule has 0 aliphatic carbocycles. The first-order valence-electron chi connectivity index (χ1n) is 4.40. The van der Waals surface area contributed by atoms with Crippen LogP contribution >= 0.6 is 0 Å². The SMILES string of the molecule is CCC(CC)C(N)c1cn[nH]n1. The fourth-order valence-corrected chi connectivity index (χ4v) is 1.41. The van der Waals surface area contributed by atoms with E-state index in [-0.39, 0.29) is 6.04 Å². The highest BCUT2D eigenvalue weighted by Gasteiger charge is 2.17. The standard InChI is InChI=1S/C8H16N4/c1-3-6(4-2)8(9)7-5-10-12-11-7/h5-6,8H,3-4,9H2,1-2H3,(H,10,11,12). The molecule has 0 radical (unpaired) electrons. The zero-order valence-electron chi connectivity index (χ0n) is 7.62. The largest absolute Gasteiger partial charge is 0.322 e. The number of aromatic amines is 1. The summed E-state index contributed by atoms with van der Waals surface area (Å²) in [6, 6.07) is 0.0266. The van der Waals surface area contributed by atoms with Gasteiger partial charge in [-0.15, -0.1) is 0 Å². The molecular weight excluding hydrogens is 152 g/mol. The number of rotatable bonds is 4. The van der Waals surface area contributed by atoms with Gasteiger partial charge in [-0.3, -0.25) is 0 Å². The average Bonchev–Trinajstić information content (AvgIpc) is 2.58. The topological polar surface area (TPSA) is 67.6 Å². The quantitative estimate of drug-likeness (QED) is 0.710. The van der Waals surface area contributed by atoms with Crippen LogP contribution in [0.15, 0.2) is 6.20 Å². The maximum atomic E-state index is 5.98. The first-order chi connectivity index (χ1) is 5.79. The van der Waals surface area contributed by atoms with E-state index in [1.54, 1.807) is 6.20 Å². The predicted molar refractivity (Wildman–Crippen MR) is 47.4 cm³/mol. The van der Waals surface area contributed by atoms with Gasteiger partial charge in [0.2, 0.25) is 0 Å². The Morgan fingerprint density at radius 2 is 2.17 bits per heavy atom. The van der Waals surface area contributed by atoms with Crippen molar-refractivity contribution < 1.29 is 0 Å². The van der Waals surface area contributed by atoms with Crippen LogP contribution in [0.5, 0.6) is 0 Å². The molecule has 3 N–H and O–H groups in total.